The largest absolute Gasteiger partial charge is 0.311 e. The van der Waals surface area contributed by atoms with Crippen molar-refractivity contribution in [1.29, 1.82) is 0 Å². The molecule has 0 aromatic carbocycles. The van der Waals surface area contributed by atoms with Gasteiger partial charge in [0.2, 0.25) is 0 Å². The summed E-state index contributed by atoms with van der Waals surface area (Å²) in [7, 11) is 4.37. The van der Waals surface area contributed by atoms with Crippen LogP contribution in [0.3, 0.4) is 0 Å². The second kappa shape index (κ2) is 5.63. The molecule has 2 rings (SSSR count). The van der Waals surface area contributed by atoms with Crippen molar-refractivity contribution >= 4 is 27.3 Å². The first-order valence-electron chi connectivity index (χ1n) is 5.77. The van der Waals surface area contributed by atoms with Gasteiger partial charge < -0.3 is 10.2 Å². The predicted molar refractivity (Wildman–Crippen MR) is 73.9 cm³/mol. The molecule has 1 aromatic rings. The monoisotopic (exact) mass is 302 g/mol. The molecule has 0 radical (unpaired) electrons. The molecule has 1 heterocycles. The lowest BCUT2D eigenvalue weighted by atomic mass is 10.1. The lowest BCUT2D eigenvalue weighted by Crippen LogP contribution is -2.39. The highest BCUT2D eigenvalue weighted by atomic mass is 79.9. The van der Waals surface area contributed by atoms with Crippen LogP contribution in [-0.4, -0.2) is 31.6 Å². The Morgan fingerprint density at radius 1 is 1.56 bits per heavy atom. The van der Waals surface area contributed by atoms with E-state index in [4.69, 9.17) is 0 Å². The zero-order chi connectivity index (χ0) is 11.5. The fourth-order valence-electron chi connectivity index (χ4n) is 2.05. The molecule has 0 spiro atoms. The van der Waals surface area contributed by atoms with E-state index < -0.39 is 0 Å². The molecule has 0 saturated heterocycles. The summed E-state index contributed by atoms with van der Waals surface area (Å²) < 4.78 is 1.22. The maximum atomic E-state index is 3.56. The molecule has 90 valence electrons. The Labute approximate surface area is 110 Å². The summed E-state index contributed by atoms with van der Waals surface area (Å²) in [5.74, 6) is 0.928. The standard InChI is InChI=1S/C12H19BrN2S/c1-15(2)11(10-3-4-10)7-14-6-9-5-12(13)16-8-9/h5,8,10-11,14H,3-4,6-7H2,1-2H3. The highest BCUT2D eigenvalue weighted by Gasteiger charge is 2.31. The Bertz CT molecular complexity index is 332. The number of thiophene rings is 1. The van der Waals surface area contributed by atoms with E-state index in [1.807, 2.05) is 0 Å². The summed E-state index contributed by atoms with van der Waals surface area (Å²) in [5, 5.41) is 5.77. The first kappa shape index (κ1) is 12.6. The summed E-state index contributed by atoms with van der Waals surface area (Å²) >= 11 is 5.25. The van der Waals surface area contributed by atoms with Crippen LogP contribution in [0.15, 0.2) is 15.2 Å². The topological polar surface area (TPSA) is 15.3 Å². The molecule has 1 aliphatic carbocycles. The summed E-state index contributed by atoms with van der Waals surface area (Å²) in [6, 6.07) is 2.90. The highest BCUT2D eigenvalue weighted by molar-refractivity contribution is 9.11. The van der Waals surface area contributed by atoms with Crippen molar-refractivity contribution in [3.63, 3.8) is 0 Å². The van der Waals surface area contributed by atoms with Gasteiger partial charge in [-0.05, 0) is 65.8 Å². The molecular formula is C12H19BrN2S. The van der Waals surface area contributed by atoms with Gasteiger partial charge in [-0.3, -0.25) is 0 Å². The zero-order valence-electron chi connectivity index (χ0n) is 9.87. The highest BCUT2D eigenvalue weighted by Crippen LogP contribution is 2.34. The number of nitrogens with one attached hydrogen (secondary N) is 1. The number of likely N-dealkylation sites (N-methyl/N-ethyl adjacent to an activating group) is 1. The van der Waals surface area contributed by atoms with Crippen LogP contribution in [0.25, 0.3) is 0 Å². The molecule has 1 fully saturated rings. The van der Waals surface area contributed by atoms with Crippen LogP contribution in [0.2, 0.25) is 0 Å². The van der Waals surface area contributed by atoms with E-state index in [9.17, 15) is 0 Å². The van der Waals surface area contributed by atoms with Gasteiger partial charge in [0, 0.05) is 19.1 Å². The smallest absolute Gasteiger partial charge is 0.0701 e. The second-order valence-electron chi connectivity index (χ2n) is 4.76. The lowest BCUT2D eigenvalue weighted by Gasteiger charge is -2.24. The Hall–Kier alpha value is 0.100. The van der Waals surface area contributed by atoms with Gasteiger partial charge in [0.25, 0.3) is 0 Å². The third-order valence-corrected chi connectivity index (χ3v) is 4.69. The van der Waals surface area contributed by atoms with Crippen LogP contribution in [-0.2, 0) is 6.54 Å². The van der Waals surface area contributed by atoms with E-state index >= 15 is 0 Å². The molecule has 1 atom stereocenters. The van der Waals surface area contributed by atoms with Gasteiger partial charge in [0.1, 0.15) is 0 Å². The van der Waals surface area contributed by atoms with Gasteiger partial charge in [-0.2, -0.15) is 0 Å². The number of halogens is 1. The van der Waals surface area contributed by atoms with E-state index in [2.05, 4.69) is 51.7 Å². The van der Waals surface area contributed by atoms with Crippen LogP contribution in [0, 0.1) is 5.92 Å². The molecule has 1 saturated carbocycles. The van der Waals surface area contributed by atoms with Gasteiger partial charge in [0.05, 0.1) is 3.79 Å². The third kappa shape index (κ3) is 3.55. The van der Waals surface area contributed by atoms with Gasteiger partial charge in [-0.25, -0.2) is 0 Å². The number of rotatable bonds is 6. The Morgan fingerprint density at radius 3 is 2.81 bits per heavy atom. The number of hydrogen-bond donors (Lipinski definition) is 1. The van der Waals surface area contributed by atoms with E-state index in [1.165, 1.54) is 22.2 Å². The average molecular weight is 303 g/mol. The van der Waals surface area contributed by atoms with Gasteiger partial charge >= 0.3 is 0 Å². The quantitative estimate of drug-likeness (QED) is 0.869. The zero-order valence-corrected chi connectivity index (χ0v) is 12.3. The van der Waals surface area contributed by atoms with Crippen molar-refractivity contribution in [2.75, 3.05) is 20.6 Å². The van der Waals surface area contributed by atoms with Crippen molar-refractivity contribution in [1.82, 2.24) is 10.2 Å². The molecule has 0 bridgehead atoms. The molecular weight excluding hydrogens is 284 g/mol. The van der Waals surface area contributed by atoms with E-state index in [-0.39, 0.29) is 0 Å². The molecule has 1 unspecified atom stereocenters. The summed E-state index contributed by atoms with van der Waals surface area (Å²) in [4.78, 5) is 2.36. The maximum Gasteiger partial charge on any atom is 0.0701 e. The van der Waals surface area contributed by atoms with Crippen molar-refractivity contribution < 1.29 is 0 Å². The van der Waals surface area contributed by atoms with Gasteiger partial charge in [-0.1, -0.05) is 0 Å². The van der Waals surface area contributed by atoms with Crippen molar-refractivity contribution in [2.24, 2.45) is 5.92 Å². The summed E-state index contributed by atoms with van der Waals surface area (Å²) in [5.41, 5.74) is 1.38. The Morgan fingerprint density at radius 2 is 2.31 bits per heavy atom. The Balaban J connectivity index is 1.74. The first-order chi connectivity index (χ1) is 7.66. The number of hydrogen-bond acceptors (Lipinski definition) is 3. The average Bonchev–Trinajstić information content (AvgIpc) is 2.97. The predicted octanol–water partition coefficient (Wildman–Crippen LogP) is 2.94. The molecule has 4 heteroatoms. The normalized spacial score (nSPS) is 18.0. The van der Waals surface area contributed by atoms with Crippen molar-refractivity contribution in [2.45, 2.75) is 25.4 Å². The molecule has 1 aliphatic rings. The van der Waals surface area contributed by atoms with Crippen LogP contribution in [0.4, 0.5) is 0 Å². The Kier molecular flexibility index (Phi) is 4.41. The summed E-state index contributed by atoms with van der Waals surface area (Å²) in [6.45, 7) is 2.09. The van der Waals surface area contributed by atoms with Crippen LogP contribution >= 0.6 is 27.3 Å². The van der Waals surface area contributed by atoms with E-state index in [0.717, 1.165) is 19.0 Å². The van der Waals surface area contributed by atoms with Crippen LogP contribution in [0.5, 0.6) is 0 Å². The van der Waals surface area contributed by atoms with Gasteiger partial charge in [-0.15, -0.1) is 11.3 Å². The lowest BCUT2D eigenvalue weighted by molar-refractivity contribution is 0.255. The second-order valence-corrected chi connectivity index (χ2v) is 7.05. The van der Waals surface area contributed by atoms with E-state index in [0.29, 0.717) is 6.04 Å². The van der Waals surface area contributed by atoms with Crippen LogP contribution < -0.4 is 5.32 Å². The molecule has 16 heavy (non-hydrogen) atoms. The molecule has 0 amide bonds. The van der Waals surface area contributed by atoms with Crippen molar-refractivity contribution in [3.05, 3.63) is 20.8 Å². The minimum absolute atomic E-state index is 0.710. The molecule has 1 aromatic heterocycles. The third-order valence-electron chi connectivity index (χ3n) is 3.13. The maximum absolute atomic E-state index is 3.56. The molecule has 2 nitrogen and oxygen atoms in total. The summed E-state index contributed by atoms with van der Waals surface area (Å²) in [6.07, 6.45) is 2.82. The molecule has 0 aliphatic heterocycles. The fraction of sp³-hybridized carbons (Fsp3) is 0.667. The minimum atomic E-state index is 0.710. The van der Waals surface area contributed by atoms with E-state index in [1.54, 1.807) is 11.3 Å². The SMILES string of the molecule is CN(C)C(CNCc1csc(Br)c1)C1CC1. The fourth-order valence-corrected chi connectivity index (χ4v) is 3.26. The van der Waals surface area contributed by atoms with Crippen LogP contribution in [0.1, 0.15) is 18.4 Å². The molecule has 1 N–H and O–H groups in total. The first-order valence-corrected chi connectivity index (χ1v) is 7.44. The minimum Gasteiger partial charge on any atom is -0.311 e. The van der Waals surface area contributed by atoms with Crippen molar-refractivity contribution in [3.8, 4) is 0 Å². The van der Waals surface area contributed by atoms with Gasteiger partial charge in [0.15, 0.2) is 0 Å². The number of nitrogens with zero attached hydrogens (tertiary/aromatic N) is 1.